The van der Waals surface area contributed by atoms with Gasteiger partial charge in [-0.15, -0.1) is 0 Å². The highest BCUT2D eigenvalue weighted by molar-refractivity contribution is 6.32. The molecule has 0 heterocycles. The van der Waals surface area contributed by atoms with Crippen LogP contribution in [-0.2, 0) is 4.74 Å². The summed E-state index contributed by atoms with van der Waals surface area (Å²) >= 11 is 12.1. The van der Waals surface area contributed by atoms with Crippen LogP contribution in [0.5, 0.6) is 17.2 Å². The second-order valence-electron chi connectivity index (χ2n) is 4.75. The Labute approximate surface area is 154 Å². The minimum absolute atomic E-state index is 0.180. The topological polar surface area (TPSA) is 56.8 Å². The first-order chi connectivity index (χ1) is 12.1. The Kier molecular flexibility index (Phi) is 7.63. The number of nitrogens with one attached hydrogen (secondary N) is 1. The molecular formula is C17H16Cl2FNO4. The largest absolute Gasteiger partial charge is 0.490 e. The van der Waals surface area contributed by atoms with Gasteiger partial charge in [0.05, 0.1) is 11.6 Å². The van der Waals surface area contributed by atoms with Gasteiger partial charge in [0, 0.05) is 11.1 Å². The van der Waals surface area contributed by atoms with Crippen LogP contribution in [0.4, 0.5) is 9.18 Å². The molecule has 5 nitrogen and oxygen atoms in total. The smallest absolute Gasteiger partial charge is 0.407 e. The molecule has 0 radical (unpaired) electrons. The molecule has 0 aliphatic rings. The van der Waals surface area contributed by atoms with Gasteiger partial charge in [0.1, 0.15) is 37.1 Å². The molecule has 0 saturated heterocycles. The predicted octanol–water partition coefficient (Wildman–Crippen LogP) is 4.86. The molecule has 0 aromatic heterocycles. The average Bonchev–Trinajstić information content (AvgIpc) is 2.58. The molecule has 134 valence electrons. The number of ether oxygens (including phenoxy) is 3. The fourth-order valence-electron chi connectivity index (χ4n) is 1.83. The summed E-state index contributed by atoms with van der Waals surface area (Å²) < 4.78 is 27.5. The van der Waals surface area contributed by atoms with Gasteiger partial charge < -0.3 is 19.5 Å². The van der Waals surface area contributed by atoms with E-state index in [-0.39, 0.29) is 19.8 Å². The molecule has 0 spiro atoms. The van der Waals surface area contributed by atoms with Crippen LogP contribution in [0.1, 0.15) is 0 Å². The van der Waals surface area contributed by atoms with Gasteiger partial charge in [0.25, 0.3) is 0 Å². The summed E-state index contributed by atoms with van der Waals surface area (Å²) in [7, 11) is 0. The van der Waals surface area contributed by atoms with Crippen LogP contribution in [0.2, 0.25) is 10.0 Å². The maximum Gasteiger partial charge on any atom is 0.407 e. The van der Waals surface area contributed by atoms with Crippen molar-refractivity contribution in [3.8, 4) is 17.2 Å². The number of alkyl carbamates (subject to hydrolysis) is 1. The molecule has 1 amide bonds. The van der Waals surface area contributed by atoms with Crippen LogP contribution in [-0.4, -0.2) is 32.5 Å². The highest BCUT2D eigenvalue weighted by atomic mass is 35.5. The second kappa shape index (κ2) is 9.96. The van der Waals surface area contributed by atoms with Gasteiger partial charge in [-0.2, -0.15) is 0 Å². The zero-order valence-electron chi connectivity index (χ0n) is 13.1. The molecule has 2 aromatic carbocycles. The second-order valence-corrected chi connectivity index (χ2v) is 5.60. The first-order valence-electron chi connectivity index (χ1n) is 7.41. The minimum atomic E-state index is -0.719. The summed E-state index contributed by atoms with van der Waals surface area (Å²) in [4.78, 5) is 11.1. The highest BCUT2D eigenvalue weighted by Crippen LogP contribution is 2.31. The fourth-order valence-corrected chi connectivity index (χ4v) is 2.23. The quantitative estimate of drug-likeness (QED) is 0.657. The monoisotopic (exact) mass is 387 g/mol. The Morgan fingerprint density at radius 3 is 2.60 bits per heavy atom. The van der Waals surface area contributed by atoms with E-state index in [1.807, 2.05) is 0 Å². The van der Waals surface area contributed by atoms with Crippen molar-refractivity contribution in [3.63, 3.8) is 0 Å². The Balaban J connectivity index is 1.82. The third-order valence-corrected chi connectivity index (χ3v) is 3.40. The lowest BCUT2D eigenvalue weighted by Gasteiger charge is -2.11. The van der Waals surface area contributed by atoms with Crippen molar-refractivity contribution in [3.05, 3.63) is 52.5 Å². The number of alkyl halides is 1. The molecule has 0 saturated carbocycles. The Bertz CT molecular complexity index is 715. The maximum absolute atomic E-state index is 11.8. The zero-order chi connectivity index (χ0) is 18.1. The lowest BCUT2D eigenvalue weighted by molar-refractivity contribution is 0.136. The van der Waals surface area contributed by atoms with E-state index in [1.54, 1.807) is 42.5 Å². The van der Waals surface area contributed by atoms with Gasteiger partial charge in [0.15, 0.2) is 0 Å². The van der Waals surface area contributed by atoms with E-state index in [0.29, 0.717) is 27.3 Å². The summed E-state index contributed by atoms with van der Waals surface area (Å²) in [5, 5.41) is 3.35. The SMILES string of the molecule is O=C(NCCOc1ccc(Oc2cccc(Cl)c2)cc1Cl)OCCF. The Morgan fingerprint density at radius 1 is 1.08 bits per heavy atom. The Hall–Kier alpha value is -2.18. The molecule has 2 aromatic rings. The Morgan fingerprint density at radius 2 is 1.88 bits per heavy atom. The van der Waals surface area contributed by atoms with E-state index in [4.69, 9.17) is 32.7 Å². The summed E-state index contributed by atoms with van der Waals surface area (Å²) in [5.74, 6) is 1.57. The average molecular weight is 388 g/mol. The van der Waals surface area contributed by atoms with Crippen LogP contribution in [0.25, 0.3) is 0 Å². The van der Waals surface area contributed by atoms with E-state index in [0.717, 1.165) is 0 Å². The molecule has 25 heavy (non-hydrogen) atoms. The molecule has 0 unspecified atom stereocenters. The summed E-state index contributed by atoms with van der Waals surface area (Å²) in [5.41, 5.74) is 0. The lowest BCUT2D eigenvalue weighted by Crippen LogP contribution is -2.29. The van der Waals surface area contributed by atoms with E-state index in [2.05, 4.69) is 10.1 Å². The maximum atomic E-state index is 11.8. The number of hydrogen-bond acceptors (Lipinski definition) is 4. The molecule has 1 N–H and O–H groups in total. The van der Waals surface area contributed by atoms with Gasteiger partial charge in [0.2, 0.25) is 0 Å². The predicted molar refractivity (Wildman–Crippen MR) is 93.8 cm³/mol. The first-order valence-corrected chi connectivity index (χ1v) is 8.16. The van der Waals surface area contributed by atoms with Gasteiger partial charge in [-0.1, -0.05) is 29.3 Å². The van der Waals surface area contributed by atoms with Gasteiger partial charge in [-0.05, 0) is 30.3 Å². The van der Waals surface area contributed by atoms with Crippen molar-refractivity contribution >= 4 is 29.3 Å². The van der Waals surface area contributed by atoms with Crippen LogP contribution in [0.15, 0.2) is 42.5 Å². The fraction of sp³-hybridized carbons (Fsp3) is 0.235. The first kappa shape index (κ1) is 19.1. The molecule has 8 heteroatoms. The lowest BCUT2D eigenvalue weighted by atomic mass is 10.3. The van der Waals surface area contributed by atoms with Crippen LogP contribution in [0.3, 0.4) is 0 Å². The van der Waals surface area contributed by atoms with Gasteiger partial charge in [-0.3, -0.25) is 0 Å². The minimum Gasteiger partial charge on any atom is -0.490 e. The molecular weight excluding hydrogens is 372 g/mol. The number of hydrogen-bond donors (Lipinski definition) is 1. The van der Waals surface area contributed by atoms with Crippen LogP contribution in [0, 0.1) is 0 Å². The van der Waals surface area contributed by atoms with Gasteiger partial charge in [-0.25, -0.2) is 9.18 Å². The molecule has 2 rings (SSSR count). The third kappa shape index (κ3) is 6.68. The van der Waals surface area contributed by atoms with Crippen molar-refractivity contribution < 1.29 is 23.4 Å². The van der Waals surface area contributed by atoms with Crippen LogP contribution >= 0.6 is 23.2 Å². The number of carbonyl (C=O) groups excluding carboxylic acids is 1. The zero-order valence-corrected chi connectivity index (χ0v) is 14.6. The number of rotatable bonds is 8. The molecule has 0 aliphatic heterocycles. The van der Waals surface area contributed by atoms with Crippen molar-refractivity contribution in [2.24, 2.45) is 0 Å². The standard InChI is InChI=1S/C17H16Cl2FNO4/c18-12-2-1-3-13(10-12)25-14-4-5-16(15(19)11-14)23-9-7-21-17(22)24-8-6-20/h1-5,10-11H,6-9H2,(H,21,22). The van der Waals surface area contributed by atoms with Crippen molar-refractivity contribution in [1.29, 1.82) is 0 Å². The summed E-state index contributed by atoms with van der Waals surface area (Å²) in [6, 6.07) is 12.0. The van der Waals surface area contributed by atoms with E-state index in [9.17, 15) is 9.18 Å². The van der Waals surface area contributed by atoms with Crippen molar-refractivity contribution in [1.82, 2.24) is 5.32 Å². The van der Waals surface area contributed by atoms with Crippen molar-refractivity contribution in [2.45, 2.75) is 0 Å². The van der Waals surface area contributed by atoms with E-state index < -0.39 is 12.8 Å². The number of halogens is 3. The molecule has 0 fully saturated rings. The summed E-state index contributed by atoms with van der Waals surface area (Å²) in [6.45, 7) is -0.614. The number of benzene rings is 2. The normalized spacial score (nSPS) is 10.2. The number of carbonyl (C=O) groups is 1. The highest BCUT2D eigenvalue weighted by Gasteiger charge is 2.06. The van der Waals surface area contributed by atoms with Crippen LogP contribution < -0.4 is 14.8 Å². The molecule has 0 atom stereocenters. The molecule has 0 bridgehead atoms. The molecule has 0 aliphatic carbocycles. The third-order valence-electron chi connectivity index (χ3n) is 2.87. The van der Waals surface area contributed by atoms with Crippen molar-refractivity contribution in [2.75, 3.05) is 26.4 Å². The van der Waals surface area contributed by atoms with E-state index >= 15 is 0 Å². The van der Waals surface area contributed by atoms with E-state index in [1.165, 1.54) is 0 Å². The summed E-state index contributed by atoms with van der Waals surface area (Å²) in [6.07, 6.45) is -0.697. The number of amides is 1. The van der Waals surface area contributed by atoms with Gasteiger partial charge >= 0.3 is 6.09 Å².